The normalized spacial score (nSPS) is 11.2. The van der Waals surface area contributed by atoms with Crippen molar-refractivity contribution < 1.29 is 0 Å². The van der Waals surface area contributed by atoms with Crippen LogP contribution in [0.4, 0.5) is 0 Å². The van der Waals surface area contributed by atoms with Crippen LogP contribution in [0.25, 0.3) is 22.9 Å². The third kappa shape index (κ3) is 3.84. The molecule has 0 amide bonds. The van der Waals surface area contributed by atoms with E-state index < -0.39 is 0 Å². The number of hydrogen-bond donors (Lipinski definition) is 0. The van der Waals surface area contributed by atoms with Crippen LogP contribution in [0, 0.1) is 0 Å². The van der Waals surface area contributed by atoms with Gasteiger partial charge in [0.1, 0.15) is 11.4 Å². The second-order valence-corrected chi connectivity index (χ2v) is 5.37. The van der Waals surface area contributed by atoms with E-state index in [0.717, 1.165) is 5.56 Å². The van der Waals surface area contributed by atoms with Crippen LogP contribution in [-0.4, -0.2) is 25.6 Å². The number of aromatic nitrogens is 4. The van der Waals surface area contributed by atoms with E-state index in [4.69, 9.17) is 11.6 Å². The first kappa shape index (κ1) is 16.7. The molecule has 122 valence electrons. The van der Waals surface area contributed by atoms with Gasteiger partial charge in [-0.2, -0.15) is 0 Å². The third-order valence-electron chi connectivity index (χ3n) is 3.27. The van der Waals surface area contributed by atoms with Crippen molar-refractivity contribution in [3.05, 3.63) is 84.9 Å². The van der Waals surface area contributed by atoms with Gasteiger partial charge >= 0.3 is 0 Å². The summed E-state index contributed by atoms with van der Waals surface area (Å²) in [5.41, 5.74) is 1.91. The van der Waals surface area contributed by atoms with Crippen molar-refractivity contribution in [2.75, 3.05) is 0 Å². The first-order chi connectivity index (χ1) is 12.2. The van der Waals surface area contributed by atoms with Gasteiger partial charge < -0.3 is 0 Å². The lowest BCUT2D eigenvalue weighted by molar-refractivity contribution is 1.03. The van der Waals surface area contributed by atoms with Gasteiger partial charge in [0.25, 0.3) is 0 Å². The minimum absolute atomic E-state index is 0.389. The maximum Gasteiger partial charge on any atom is 0.182 e. The zero-order valence-corrected chi connectivity index (χ0v) is 14.1. The molecule has 0 fully saturated rings. The van der Waals surface area contributed by atoms with Crippen molar-refractivity contribution in [2.45, 2.75) is 0 Å². The summed E-state index contributed by atoms with van der Waals surface area (Å²) >= 11 is 6.09. The average molecular weight is 348 g/mol. The molecule has 0 atom stereocenters. The second-order valence-electron chi connectivity index (χ2n) is 4.93. The van der Waals surface area contributed by atoms with Gasteiger partial charge in [-0.3, -0.25) is 9.98 Å². The molecule has 25 heavy (non-hydrogen) atoms. The molecule has 0 saturated carbocycles. The van der Waals surface area contributed by atoms with E-state index in [0.29, 0.717) is 33.9 Å². The summed E-state index contributed by atoms with van der Waals surface area (Å²) in [6.07, 6.45) is 4.67. The molecular formula is C19H14ClN5. The largest absolute Gasteiger partial charge is 0.254 e. The van der Waals surface area contributed by atoms with Crippen molar-refractivity contribution in [1.29, 1.82) is 0 Å². The highest BCUT2D eigenvalue weighted by molar-refractivity contribution is 6.30. The predicted molar refractivity (Wildman–Crippen MR) is 100 cm³/mol. The number of pyridine rings is 1. The number of rotatable bonds is 5. The number of allylic oxidation sites excluding steroid dienone is 1. The van der Waals surface area contributed by atoms with Crippen molar-refractivity contribution in [3.8, 4) is 22.9 Å². The van der Waals surface area contributed by atoms with Gasteiger partial charge in [0.2, 0.25) is 0 Å². The number of aliphatic imine (C=N–C) groups is 1. The lowest BCUT2D eigenvalue weighted by Crippen LogP contribution is -2.08. The topological polar surface area (TPSA) is 63.9 Å². The van der Waals surface area contributed by atoms with Gasteiger partial charge in [0, 0.05) is 23.0 Å². The zero-order chi connectivity index (χ0) is 17.6. The summed E-state index contributed by atoms with van der Waals surface area (Å²) in [6, 6.07) is 12.8. The van der Waals surface area contributed by atoms with Crippen LogP contribution in [0.2, 0.25) is 5.02 Å². The van der Waals surface area contributed by atoms with Crippen LogP contribution < -0.4 is 0 Å². The Balaban J connectivity index is 2.23. The van der Waals surface area contributed by atoms with Gasteiger partial charge in [-0.05, 0) is 30.3 Å². The van der Waals surface area contributed by atoms with Crippen LogP contribution in [0.1, 0.15) is 5.82 Å². The van der Waals surface area contributed by atoms with Crippen molar-refractivity contribution in [1.82, 2.24) is 19.9 Å². The van der Waals surface area contributed by atoms with E-state index in [1.165, 1.54) is 6.20 Å². The molecule has 0 N–H and O–H groups in total. The number of hydrogen-bond acceptors (Lipinski definition) is 5. The predicted octanol–water partition coefficient (Wildman–Crippen LogP) is 4.37. The molecule has 1 aromatic carbocycles. The molecule has 5 nitrogen and oxygen atoms in total. The van der Waals surface area contributed by atoms with E-state index in [-0.39, 0.29) is 0 Å². The summed E-state index contributed by atoms with van der Waals surface area (Å²) in [7, 11) is 0. The van der Waals surface area contributed by atoms with Crippen LogP contribution in [0.3, 0.4) is 0 Å². The van der Waals surface area contributed by atoms with Gasteiger partial charge in [-0.15, -0.1) is 0 Å². The van der Waals surface area contributed by atoms with E-state index >= 15 is 0 Å². The van der Waals surface area contributed by atoms with Gasteiger partial charge in [0.05, 0.1) is 0 Å². The Hall–Kier alpha value is -3.18. The quantitative estimate of drug-likeness (QED) is 0.643. The van der Waals surface area contributed by atoms with Gasteiger partial charge in [-0.25, -0.2) is 15.0 Å². The molecular weight excluding hydrogens is 334 g/mol. The highest BCUT2D eigenvalue weighted by Crippen LogP contribution is 2.22. The maximum absolute atomic E-state index is 6.09. The lowest BCUT2D eigenvalue weighted by atomic mass is 10.2. The van der Waals surface area contributed by atoms with E-state index in [1.807, 2.05) is 30.3 Å². The minimum atomic E-state index is 0.389. The van der Waals surface area contributed by atoms with Gasteiger partial charge in [-0.1, -0.05) is 43.0 Å². The lowest BCUT2D eigenvalue weighted by Gasteiger charge is -2.07. The molecule has 0 spiro atoms. The Labute approximate surface area is 150 Å². The summed E-state index contributed by atoms with van der Waals surface area (Å²) in [4.78, 5) is 22.0. The van der Waals surface area contributed by atoms with Crippen molar-refractivity contribution in [3.63, 3.8) is 0 Å². The molecule has 3 rings (SSSR count). The Bertz CT molecular complexity index is 951. The molecule has 0 aliphatic carbocycles. The fourth-order valence-corrected chi connectivity index (χ4v) is 2.35. The molecule has 0 aliphatic heterocycles. The van der Waals surface area contributed by atoms with Crippen molar-refractivity contribution >= 4 is 17.3 Å². The molecule has 2 heterocycles. The molecule has 3 aromatic rings. The SMILES string of the molecule is C=CN=C(C=C)c1nc(-c2cccc(Cl)c2)nc(-c2ccccn2)n1. The van der Waals surface area contributed by atoms with Gasteiger partial charge in [0.15, 0.2) is 17.5 Å². The Morgan fingerprint density at radius 2 is 1.84 bits per heavy atom. The van der Waals surface area contributed by atoms with Crippen LogP contribution >= 0.6 is 11.6 Å². The van der Waals surface area contributed by atoms with E-state index in [1.54, 1.807) is 24.4 Å². The smallest absolute Gasteiger partial charge is 0.182 e. The summed E-state index contributed by atoms with van der Waals surface area (Å²) in [5, 5.41) is 0.600. The van der Waals surface area contributed by atoms with E-state index in [2.05, 4.69) is 38.1 Å². The monoisotopic (exact) mass is 347 g/mol. The minimum Gasteiger partial charge on any atom is -0.254 e. The Kier molecular flexibility index (Phi) is 5.06. The summed E-state index contributed by atoms with van der Waals surface area (Å²) in [5.74, 6) is 1.31. The fourth-order valence-electron chi connectivity index (χ4n) is 2.16. The standard InChI is InChI=1S/C19H14ClN5/c1-3-15(21-4-2)18-23-17(13-8-7-9-14(20)12-13)24-19(25-18)16-10-5-6-11-22-16/h3-12H,1-2H2. The van der Waals surface area contributed by atoms with E-state index in [9.17, 15) is 0 Å². The van der Waals surface area contributed by atoms with Crippen LogP contribution in [0.15, 0.2) is 79.1 Å². The number of halogens is 1. The maximum atomic E-state index is 6.09. The Morgan fingerprint density at radius 1 is 1.00 bits per heavy atom. The molecule has 2 aromatic heterocycles. The first-order valence-corrected chi connectivity index (χ1v) is 7.84. The summed E-state index contributed by atoms with van der Waals surface area (Å²) < 4.78 is 0. The molecule has 0 aliphatic rings. The zero-order valence-electron chi connectivity index (χ0n) is 13.3. The highest BCUT2D eigenvalue weighted by atomic mass is 35.5. The van der Waals surface area contributed by atoms with Crippen LogP contribution in [-0.2, 0) is 0 Å². The molecule has 0 bridgehead atoms. The molecule has 6 heteroatoms. The second kappa shape index (κ2) is 7.59. The van der Waals surface area contributed by atoms with Crippen molar-refractivity contribution in [2.24, 2.45) is 4.99 Å². The fraction of sp³-hybridized carbons (Fsp3) is 0. The number of nitrogens with zero attached hydrogens (tertiary/aromatic N) is 5. The number of benzene rings is 1. The highest BCUT2D eigenvalue weighted by Gasteiger charge is 2.13. The average Bonchev–Trinajstić information content (AvgIpc) is 2.66. The first-order valence-electron chi connectivity index (χ1n) is 7.46. The molecule has 0 radical (unpaired) electrons. The molecule has 0 unspecified atom stereocenters. The molecule has 0 saturated heterocycles. The third-order valence-corrected chi connectivity index (χ3v) is 3.50. The van der Waals surface area contributed by atoms with Crippen LogP contribution in [0.5, 0.6) is 0 Å². The Morgan fingerprint density at radius 3 is 2.52 bits per heavy atom. The summed E-state index contributed by atoms with van der Waals surface area (Å²) in [6.45, 7) is 7.37.